The second kappa shape index (κ2) is 8.60. The van der Waals surface area contributed by atoms with Crippen LogP contribution in [0.4, 0.5) is 0 Å². The lowest BCUT2D eigenvalue weighted by molar-refractivity contribution is -0.167. The summed E-state index contributed by atoms with van der Waals surface area (Å²) in [5, 5.41) is 20.0. The Balaban J connectivity index is 4.44. The van der Waals surface area contributed by atoms with Gasteiger partial charge in [-0.25, -0.2) is 9.59 Å². The summed E-state index contributed by atoms with van der Waals surface area (Å²) < 4.78 is 4.35. The van der Waals surface area contributed by atoms with Crippen LogP contribution in [0.2, 0.25) is 0 Å². The Bertz CT molecular complexity index is 302. The van der Waals surface area contributed by atoms with E-state index in [9.17, 15) is 14.4 Å². The predicted octanol–water partition coefficient (Wildman–Crippen LogP) is -0.896. The van der Waals surface area contributed by atoms with Crippen molar-refractivity contribution in [3.8, 4) is 0 Å². The Morgan fingerprint density at radius 2 is 1.89 bits per heavy atom. The average molecular weight is 261 g/mol. The largest absolute Gasteiger partial charge is 0.396 e. The first-order valence-corrected chi connectivity index (χ1v) is 5.76. The summed E-state index contributed by atoms with van der Waals surface area (Å²) in [5.74, 6) is -2.44. The van der Waals surface area contributed by atoms with Crippen molar-refractivity contribution in [2.75, 3.05) is 6.61 Å². The number of rotatable bonds is 7. The van der Waals surface area contributed by atoms with E-state index in [1.807, 2.05) is 0 Å². The average Bonchev–Trinajstić information content (AvgIpc) is 2.28. The van der Waals surface area contributed by atoms with Gasteiger partial charge in [0, 0.05) is 19.4 Å². The molecule has 18 heavy (non-hydrogen) atoms. The van der Waals surface area contributed by atoms with Crippen LogP contribution in [-0.2, 0) is 19.1 Å². The molecule has 0 saturated carbocycles. The highest BCUT2D eigenvalue weighted by Crippen LogP contribution is 1.99. The summed E-state index contributed by atoms with van der Waals surface area (Å²) in [4.78, 5) is 33.8. The van der Waals surface area contributed by atoms with E-state index in [2.05, 4.69) is 10.1 Å². The zero-order chi connectivity index (χ0) is 14.1. The van der Waals surface area contributed by atoms with Crippen LogP contribution in [0.15, 0.2) is 0 Å². The van der Waals surface area contributed by atoms with Crippen LogP contribution >= 0.6 is 0 Å². The zero-order valence-corrected chi connectivity index (χ0v) is 10.5. The molecule has 0 heterocycles. The third kappa shape index (κ3) is 6.31. The molecule has 1 amide bonds. The lowest BCUT2D eigenvalue weighted by Crippen LogP contribution is -2.43. The van der Waals surface area contributed by atoms with E-state index in [0.29, 0.717) is 6.42 Å². The molecule has 7 nitrogen and oxygen atoms in total. The summed E-state index contributed by atoms with van der Waals surface area (Å²) in [5.41, 5.74) is 0. The molecule has 0 aliphatic rings. The highest BCUT2D eigenvalue weighted by Gasteiger charge is 2.25. The van der Waals surface area contributed by atoms with Crippen molar-refractivity contribution >= 4 is 17.8 Å². The first kappa shape index (κ1) is 16.5. The van der Waals surface area contributed by atoms with Crippen LogP contribution in [0.1, 0.15) is 33.1 Å². The van der Waals surface area contributed by atoms with Gasteiger partial charge in [-0.15, -0.1) is 0 Å². The maximum atomic E-state index is 11.5. The smallest absolute Gasteiger partial charge is 0.342 e. The summed E-state index contributed by atoms with van der Waals surface area (Å²) in [6, 6.07) is -1.09. The van der Waals surface area contributed by atoms with Crippen LogP contribution < -0.4 is 5.32 Å². The van der Waals surface area contributed by atoms with Crippen molar-refractivity contribution < 1.29 is 29.3 Å². The summed E-state index contributed by atoms with van der Waals surface area (Å²) in [6.45, 7) is 2.62. The van der Waals surface area contributed by atoms with E-state index in [1.165, 1.54) is 0 Å². The number of ether oxygens (including phenoxy) is 1. The number of aliphatic hydroxyl groups excluding tert-OH is 2. The van der Waals surface area contributed by atoms with Crippen LogP contribution in [0.25, 0.3) is 0 Å². The number of amides is 1. The summed E-state index contributed by atoms with van der Waals surface area (Å²) in [7, 11) is 0. The molecule has 2 atom stereocenters. The Hall–Kier alpha value is -1.47. The number of nitrogens with one attached hydrogen (secondary N) is 1. The topological polar surface area (TPSA) is 113 Å². The van der Waals surface area contributed by atoms with Gasteiger partial charge in [0.25, 0.3) is 0 Å². The van der Waals surface area contributed by atoms with E-state index >= 15 is 0 Å². The van der Waals surface area contributed by atoms with Crippen molar-refractivity contribution in [1.82, 2.24) is 5.32 Å². The summed E-state index contributed by atoms with van der Waals surface area (Å²) in [6.07, 6.45) is -0.629. The second-order valence-electron chi connectivity index (χ2n) is 3.80. The Kier molecular flexibility index (Phi) is 7.89. The molecule has 7 heteroatoms. The number of carbonyl (C=O) groups is 3. The van der Waals surface area contributed by atoms with Gasteiger partial charge in [-0.05, 0) is 13.3 Å². The van der Waals surface area contributed by atoms with Gasteiger partial charge in [0.15, 0.2) is 0 Å². The molecule has 104 valence electrons. The third-order valence-electron chi connectivity index (χ3n) is 2.06. The molecule has 0 aromatic rings. The van der Waals surface area contributed by atoms with E-state index in [1.54, 1.807) is 6.92 Å². The number of carbonyl (C=O) groups excluding carboxylic acids is 3. The lowest BCUT2D eigenvalue weighted by Gasteiger charge is -2.16. The fourth-order valence-corrected chi connectivity index (χ4v) is 1.13. The molecule has 0 rings (SSSR count). The number of esters is 2. The normalized spacial score (nSPS) is 13.6. The molecule has 0 radical (unpaired) electrons. The molecular formula is C11H19NO6. The van der Waals surface area contributed by atoms with Crippen molar-refractivity contribution in [2.24, 2.45) is 0 Å². The van der Waals surface area contributed by atoms with E-state index in [4.69, 9.17) is 10.2 Å². The van der Waals surface area contributed by atoms with Gasteiger partial charge in [-0.1, -0.05) is 6.92 Å². The van der Waals surface area contributed by atoms with Crippen molar-refractivity contribution in [3.05, 3.63) is 0 Å². The fraction of sp³-hybridized carbons (Fsp3) is 0.727. The summed E-state index contributed by atoms with van der Waals surface area (Å²) >= 11 is 0. The predicted molar refractivity (Wildman–Crippen MR) is 61.3 cm³/mol. The molecule has 0 aromatic carbocycles. The molecule has 0 aromatic heterocycles. The third-order valence-corrected chi connectivity index (χ3v) is 2.06. The minimum atomic E-state index is -1.42. The van der Waals surface area contributed by atoms with E-state index in [-0.39, 0.29) is 25.4 Å². The molecule has 0 bridgehead atoms. The highest BCUT2D eigenvalue weighted by atomic mass is 16.6. The molecule has 0 aliphatic heterocycles. The SMILES string of the molecule is CCCC(=O)N[C@@H](CCO)C(=O)OC(=O)C(C)O. The molecule has 0 spiro atoms. The van der Waals surface area contributed by atoms with Gasteiger partial charge in [0.05, 0.1) is 0 Å². The highest BCUT2D eigenvalue weighted by molar-refractivity contribution is 5.92. The van der Waals surface area contributed by atoms with Gasteiger partial charge in [0.2, 0.25) is 5.91 Å². The van der Waals surface area contributed by atoms with Crippen molar-refractivity contribution in [2.45, 2.75) is 45.3 Å². The molecule has 0 fully saturated rings. The van der Waals surface area contributed by atoms with Gasteiger partial charge < -0.3 is 20.3 Å². The molecule has 1 unspecified atom stereocenters. The van der Waals surface area contributed by atoms with Crippen LogP contribution in [0.5, 0.6) is 0 Å². The number of hydrogen-bond donors (Lipinski definition) is 3. The Morgan fingerprint density at radius 1 is 1.28 bits per heavy atom. The second-order valence-corrected chi connectivity index (χ2v) is 3.80. The van der Waals surface area contributed by atoms with Gasteiger partial charge in [-0.2, -0.15) is 0 Å². The number of hydrogen-bond acceptors (Lipinski definition) is 6. The minimum absolute atomic E-state index is 0.0542. The Labute approximate surface area is 105 Å². The molecule has 0 saturated heterocycles. The fourth-order valence-electron chi connectivity index (χ4n) is 1.13. The quantitative estimate of drug-likeness (QED) is 0.404. The number of aliphatic hydroxyl groups is 2. The molecule has 3 N–H and O–H groups in total. The van der Waals surface area contributed by atoms with E-state index in [0.717, 1.165) is 6.92 Å². The van der Waals surface area contributed by atoms with Gasteiger partial charge in [-0.3, -0.25) is 4.79 Å². The first-order valence-electron chi connectivity index (χ1n) is 5.76. The van der Waals surface area contributed by atoms with Crippen LogP contribution in [0.3, 0.4) is 0 Å². The monoisotopic (exact) mass is 261 g/mol. The Morgan fingerprint density at radius 3 is 2.33 bits per heavy atom. The first-order chi connectivity index (χ1) is 8.42. The van der Waals surface area contributed by atoms with Crippen LogP contribution in [0, 0.1) is 0 Å². The maximum absolute atomic E-state index is 11.5. The minimum Gasteiger partial charge on any atom is -0.396 e. The van der Waals surface area contributed by atoms with Crippen LogP contribution in [-0.4, -0.2) is 46.8 Å². The van der Waals surface area contributed by atoms with Crippen molar-refractivity contribution in [3.63, 3.8) is 0 Å². The molecule has 0 aliphatic carbocycles. The van der Waals surface area contributed by atoms with E-state index < -0.39 is 24.1 Å². The standard InChI is InChI=1S/C11H19NO6/c1-3-4-9(15)12-8(5-6-13)11(17)18-10(16)7(2)14/h7-8,13-14H,3-6H2,1-2H3,(H,12,15)/t7?,8-/m0/s1. The maximum Gasteiger partial charge on any atom is 0.342 e. The molecular weight excluding hydrogens is 242 g/mol. The lowest BCUT2D eigenvalue weighted by atomic mass is 10.2. The van der Waals surface area contributed by atoms with Crippen molar-refractivity contribution in [1.29, 1.82) is 0 Å². The zero-order valence-electron chi connectivity index (χ0n) is 10.5. The van der Waals surface area contributed by atoms with Gasteiger partial charge in [0.1, 0.15) is 12.1 Å². The van der Waals surface area contributed by atoms with Gasteiger partial charge >= 0.3 is 11.9 Å².